The highest BCUT2D eigenvalue weighted by Crippen LogP contribution is 2.39. The second-order valence-electron chi connectivity index (χ2n) is 8.90. The number of anilines is 1. The first-order chi connectivity index (χ1) is 15.5. The lowest BCUT2D eigenvalue weighted by molar-refractivity contribution is -0.931. The highest BCUT2D eigenvalue weighted by molar-refractivity contribution is 7.16. The predicted octanol–water partition coefficient (Wildman–Crippen LogP) is 5.03. The maximum atomic E-state index is 13.0. The van der Waals surface area contributed by atoms with Crippen molar-refractivity contribution in [1.82, 2.24) is 0 Å². The number of amides is 1. The monoisotopic (exact) mass is 449 g/mol. The smallest absolute Gasteiger partial charge is 0.256 e. The molecule has 0 spiro atoms. The summed E-state index contributed by atoms with van der Waals surface area (Å²) in [6.45, 7) is 8.95. The Morgan fingerprint density at radius 3 is 2.50 bits per heavy atom. The number of hydrogen-bond acceptors (Lipinski definition) is 3. The standard InChI is InChI=1S/C27H32N2O2S/c1-18-13-15-29(16-14-18)25(22-11-8-12-23(17-22)31-4)24-19(2)20(3)32-27(24)28-26(30)21-9-6-5-7-10-21/h5-12,17-18,25H,13-16H2,1-4H3,(H,28,30)/p+1/t25-/m0/s1. The Kier molecular flexibility index (Phi) is 6.97. The van der Waals surface area contributed by atoms with Gasteiger partial charge in [0.05, 0.1) is 25.8 Å². The molecule has 32 heavy (non-hydrogen) atoms. The Labute approximate surface area is 195 Å². The van der Waals surface area contributed by atoms with Crippen LogP contribution >= 0.6 is 11.3 Å². The predicted molar refractivity (Wildman–Crippen MR) is 132 cm³/mol. The van der Waals surface area contributed by atoms with Crippen molar-refractivity contribution < 1.29 is 14.4 Å². The number of likely N-dealkylation sites (tertiary alicyclic amines) is 1. The Balaban J connectivity index is 1.77. The number of ether oxygens (including phenoxy) is 1. The van der Waals surface area contributed by atoms with Crippen molar-refractivity contribution in [3.63, 3.8) is 0 Å². The lowest BCUT2D eigenvalue weighted by Gasteiger charge is -2.35. The van der Waals surface area contributed by atoms with E-state index in [2.05, 4.69) is 44.3 Å². The van der Waals surface area contributed by atoms with E-state index in [0.29, 0.717) is 5.56 Å². The molecule has 0 aliphatic carbocycles. The number of benzene rings is 2. The summed E-state index contributed by atoms with van der Waals surface area (Å²) >= 11 is 1.68. The summed E-state index contributed by atoms with van der Waals surface area (Å²) in [7, 11) is 1.72. The van der Waals surface area contributed by atoms with Crippen LogP contribution in [0, 0.1) is 19.8 Å². The van der Waals surface area contributed by atoms with Gasteiger partial charge in [0.2, 0.25) is 0 Å². The average molecular weight is 450 g/mol. The van der Waals surface area contributed by atoms with Gasteiger partial charge in [-0.2, -0.15) is 0 Å². The number of quaternary nitrogens is 1. The number of hydrogen-bond donors (Lipinski definition) is 2. The summed E-state index contributed by atoms with van der Waals surface area (Å²) in [6, 6.07) is 18.0. The van der Waals surface area contributed by atoms with Crippen LogP contribution < -0.4 is 15.0 Å². The zero-order chi connectivity index (χ0) is 22.7. The Hall–Kier alpha value is -2.63. The molecule has 168 valence electrons. The summed E-state index contributed by atoms with van der Waals surface area (Å²) in [5.74, 6) is 1.59. The first-order valence-electron chi connectivity index (χ1n) is 11.4. The van der Waals surface area contributed by atoms with Crippen molar-refractivity contribution in [3.8, 4) is 5.75 Å². The van der Waals surface area contributed by atoms with Crippen molar-refractivity contribution in [1.29, 1.82) is 0 Å². The molecule has 1 aromatic heterocycles. The second kappa shape index (κ2) is 9.88. The maximum absolute atomic E-state index is 13.0. The van der Waals surface area contributed by atoms with Crippen molar-refractivity contribution in [2.24, 2.45) is 5.92 Å². The van der Waals surface area contributed by atoms with Crippen molar-refractivity contribution >= 4 is 22.2 Å². The van der Waals surface area contributed by atoms with Crippen molar-refractivity contribution in [2.75, 3.05) is 25.5 Å². The molecule has 3 aromatic rings. The Morgan fingerprint density at radius 1 is 1.09 bits per heavy atom. The number of aryl methyl sites for hydroxylation is 1. The molecule has 1 amide bonds. The van der Waals surface area contributed by atoms with Gasteiger partial charge in [-0.05, 0) is 62.4 Å². The minimum Gasteiger partial charge on any atom is -0.497 e. The van der Waals surface area contributed by atoms with Crippen LogP contribution in [0.25, 0.3) is 0 Å². The average Bonchev–Trinajstić information content (AvgIpc) is 3.09. The zero-order valence-corrected chi connectivity index (χ0v) is 20.2. The van der Waals surface area contributed by atoms with E-state index >= 15 is 0 Å². The fourth-order valence-electron chi connectivity index (χ4n) is 4.70. The van der Waals surface area contributed by atoms with Gasteiger partial charge in [-0.1, -0.05) is 37.3 Å². The summed E-state index contributed by atoms with van der Waals surface area (Å²) in [5.41, 5.74) is 4.44. The Morgan fingerprint density at radius 2 is 1.81 bits per heavy atom. The van der Waals surface area contributed by atoms with Gasteiger partial charge in [-0.25, -0.2) is 0 Å². The molecule has 1 saturated heterocycles. The van der Waals surface area contributed by atoms with E-state index in [1.54, 1.807) is 23.3 Å². The molecule has 0 radical (unpaired) electrons. The number of thiophene rings is 1. The number of carbonyl (C=O) groups is 1. The molecule has 1 aliphatic rings. The van der Waals surface area contributed by atoms with Gasteiger partial charge in [0.15, 0.2) is 0 Å². The zero-order valence-electron chi connectivity index (χ0n) is 19.4. The molecular formula is C27H33N2O2S+. The third kappa shape index (κ3) is 4.74. The van der Waals surface area contributed by atoms with Gasteiger partial charge in [0.1, 0.15) is 16.8 Å². The van der Waals surface area contributed by atoms with Crippen LogP contribution in [0.1, 0.15) is 57.7 Å². The highest BCUT2D eigenvalue weighted by atomic mass is 32.1. The van der Waals surface area contributed by atoms with Crippen LogP contribution in [0.3, 0.4) is 0 Å². The number of rotatable bonds is 6. The molecule has 0 saturated carbocycles. The normalized spacial score (nSPS) is 19.4. The van der Waals surface area contributed by atoms with E-state index < -0.39 is 0 Å². The summed E-state index contributed by atoms with van der Waals surface area (Å²) in [4.78, 5) is 15.8. The number of methoxy groups -OCH3 is 1. The molecule has 1 fully saturated rings. The fourth-order valence-corrected chi connectivity index (χ4v) is 5.79. The quantitative estimate of drug-likeness (QED) is 0.554. The van der Waals surface area contributed by atoms with E-state index in [-0.39, 0.29) is 11.9 Å². The van der Waals surface area contributed by atoms with Crippen LogP contribution in [0.15, 0.2) is 54.6 Å². The maximum Gasteiger partial charge on any atom is 0.256 e. The second-order valence-corrected chi connectivity index (χ2v) is 10.1. The first kappa shape index (κ1) is 22.6. The van der Waals surface area contributed by atoms with E-state index in [1.165, 1.54) is 34.4 Å². The van der Waals surface area contributed by atoms with Crippen molar-refractivity contribution in [3.05, 3.63) is 81.7 Å². The molecule has 1 aliphatic heterocycles. The molecule has 2 N–H and O–H groups in total. The minimum absolute atomic E-state index is 0.0558. The molecule has 0 bridgehead atoms. The Bertz CT molecular complexity index is 1070. The van der Waals surface area contributed by atoms with Gasteiger partial charge in [-0.3, -0.25) is 4.79 Å². The van der Waals surface area contributed by atoms with Crippen LogP contribution in [0.5, 0.6) is 5.75 Å². The summed E-state index contributed by atoms with van der Waals surface area (Å²) in [6.07, 6.45) is 2.45. The molecule has 1 atom stereocenters. The topological polar surface area (TPSA) is 42.8 Å². The molecule has 0 unspecified atom stereocenters. The van der Waals surface area contributed by atoms with Gasteiger partial charge in [-0.15, -0.1) is 11.3 Å². The van der Waals surface area contributed by atoms with E-state index in [1.807, 2.05) is 36.4 Å². The summed E-state index contributed by atoms with van der Waals surface area (Å²) in [5, 5.41) is 4.22. The van der Waals surface area contributed by atoms with Gasteiger partial charge in [0.25, 0.3) is 5.91 Å². The minimum atomic E-state index is -0.0558. The number of carbonyl (C=O) groups excluding carboxylic acids is 1. The number of piperidine rings is 1. The third-order valence-electron chi connectivity index (χ3n) is 6.74. The highest BCUT2D eigenvalue weighted by Gasteiger charge is 2.34. The molecule has 4 rings (SSSR count). The SMILES string of the molecule is COc1cccc([C@@H](c2c(NC(=O)c3ccccc3)sc(C)c2C)[NH+]2CCC(C)CC2)c1. The van der Waals surface area contributed by atoms with E-state index in [9.17, 15) is 4.79 Å². The van der Waals surface area contributed by atoms with Gasteiger partial charge in [0, 0.05) is 16.0 Å². The lowest BCUT2D eigenvalue weighted by Crippen LogP contribution is -3.13. The molecule has 4 nitrogen and oxygen atoms in total. The van der Waals surface area contributed by atoms with Crippen LogP contribution in [-0.2, 0) is 0 Å². The van der Waals surface area contributed by atoms with Gasteiger partial charge >= 0.3 is 0 Å². The molecule has 2 aromatic carbocycles. The van der Waals surface area contributed by atoms with Crippen molar-refractivity contribution in [2.45, 2.75) is 39.7 Å². The van der Waals surface area contributed by atoms with Crippen LogP contribution in [0.2, 0.25) is 0 Å². The van der Waals surface area contributed by atoms with Gasteiger partial charge < -0.3 is 15.0 Å². The number of nitrogens with one attached hydrogen (secondary N) is 2. The first-order valence-corrected chi connectivity index (χ1v) is 12.2. The lowest BCUT2D eigenvalue weighted by atomic mass is 9.91. The van der Waals surface area contributed by atoms with Crippen LogP contribution in [0.4, 0.5) is 5.00 Å². The molecular weight excluding hydrogens is 416 g/mol. The largest absolute Gasteiger partial charge is 0.497 e. The fraction of sp³-hybridized carbons (Fsp3) is 0.370. The molecule has 2 heterocycles. The van der Waals surface area contributed by atoms with E-state index in [0.717, 1.165) is 29.8 Å². The molecule has 5 heteroatoms. The summed E-state index contributed by atoms with van der Waals surface area (Å²) < 4.78 is 5.56. The third-order valence-corrected chi connectivity index (χ3v) is 7.87. The van der Waals surface area contributed by atoms with E-state index in [4.69, 9.17) is 4.74 Å². The van der Waals surface area contributed by atoms with Crippen LogP contribution in [-0.4, -0.2) is 26.1 Å².